The number of pyridine rings is 1. The van der Waals surface area contributed by atoms with Crippen molar-refractivity contribution in [3.63, 3.8) is 0 Å². The molecule has 2 aromatic rings. The van der Waals surface area contributed by atoms with E-state index in [2.05, 4.69) is 20.7 Å². The molecule has 0 atom stereocenters. The molecule has 2 N–H and O–H groups in total. The van der Waals surface area contributed by atoms with Crippen LogP contribution >= 0.6 is 11.3 Å². The fraction of sp³-hybridized carbons (Fsp3) is 0.250. The highest BCUT2D eigenvalue weighted by Crippen LogP contribution is 2.41. The summed E-state index contributed by atoms with van der Waals surface area (Å²) < 4.78 is 0. The van der Waals surface area contributed by atoms with Crippen LogP contribution < -0.4 is 5.32 Å². The van der Waals surface area contributed by atoms with Gasteiger partial charge >= 0.3 is 5.97 Å². The minimum atomic E-state index is -0.973. The van der Waals surface area contributed by atoms with Gasteiger partial charge in [-0.05, 0) is 25.0 Å². The van der Waals surface area contributed by atoms with Crippen LogP contribution in [0.4, 0.5) is 10.9 Å². The molecule has 3 rings (SSSR count). The van der Waals surface area contributed by atoms with Crippen LogP contribution in [0.15, 0.2) is 23.7 Å². The molecule has 0 bridgehead atoms. The third kappa shape index (κ3) is 2.33. The van der Waals surface area contributed by atoms with Crippen molar-refractivity contribution < 1.29 is 9.90 Å². The van der Waals surface area contributed by atoms with Gasteiger partial charge in [0.05, 0.1) is 11.3 Å². The van der Waals surface area contributed by atoms with Crippen LogP contribution in [-0.2, 0) is 0 Å². The molecule has 0 radical (unpaired) electrons. The molecule has 1 aliphatic rings. The Morgan fingerprint density at radius 2 is 2.28 bits per heavy atom. The molecular weight excluding hydrogens is 250 g/mol. The van der Waals surface area contributed by atoms with Gasteiger partial charge in [0, 0.05) is 17.5 Å². The van der Waals surface area contributed by atoms with Crippen molar-refractivity contribution in [1.82, 2.24) is 9.97 Å². The van der Waals surface area contributed by atoms with Crippen molar-refractivity contribution in [1.29, 1.82) is 0 Å². The average Bonchev–Trinajstić information content (AvgIpc) is 3.11. The van der Waals surface area contributed by atoms with E-state index in [1.165, 1.54) is 25.1 Å². The van der Waals surface area contributed by atoms with Gasteiger partial charge in [0.1, 0.15) is 5.82 Å². The van der Waals surface area contributed by atoms with Gasteiger partial charge in [-0.25, -0.2) is 14.8 Å². The lowest BCUT2D eigenvalue weighted by Crippen LogP contribution is -1.99. The second-order valence-electron chi connectivity index (χ2n) is 4.21. The van der Waals surface area contributed by atoms with Crippen LogP contribution in [0, 0.1) is 0 Å². The largest absolute Gasteiger partial charge is 0.478 e. The number of thiazole rings is 1. The summed E-state index contributed by atoms with van der Waals surface area (Å²) in [6, 6.07) is 3.16. The Hall–Kier alpha value is -1.95. The van der Waals surface area contributed by atoms with E-state index in [9.17, 15) is 4.79 Å². The normalized spacial score (nSPS) is 14.4. The maximum absolute atomic E-state index is 10.7. The number of anilines is 2. The molecule has 2 heterocycles. The van der Waals surface area contributed by atoms with E-state index in [-0.39, 0.29) is 5.56 Å². The predicted molar refractivity (Wildman–Crippen MR) is 68.6 cm³/mol. The van der Waals surface area contributed by atoms with Gasteiger partial charge in [0.25, 0.3) is 0 Å². The van der Waals surface area contributed by atoms with E-state index in [1.54, 1.807) is 17.4 Å². The molecule has 1 saturated carbocycles. The Labute approximate surface area is 108 Å². The van der Waals surface area contributed by atoms with Crippen molar-refractivity contribution in [2.75, 3.05) is 5.32 Å². The molecule has 0 unspecified atom stereocenters. The molecule has 0 aliphatic heterocycles. The predicted octanol–water partition coefficient (Wildman–Crippen LogP) is 2.86. The second kappa shape index (κ2) is 4.38. The zero-order valence-corrected chi connectivity index (χ0v) is 10.3. The molecule has 5 nitrogen and oxygen atoms in total. The number of rotatable bonds is 4. The summed E-state index contributed by atoms with van der Waals surface area (Å²) in [5.74, 6) is 0.273. The third-order valence-corrected chi connectivity index (χ3v) is 3.54. The van der Waals surface area contributed by atoms with Gasteiger partial charge in [0.2, 0.25) is 0 Å². The SMILES string of the molecule is O=C(O)c1ccc(Nc2nc(C3CC3)cs2)nc1. The van der Waals surface area contributed by atoms with E-state index in [0.717, 1.165) is 10.8 Å². The lowest BCUT2D eigenvalue weighted by Gasteiger charge is -2.01. The highest BCUT2D eigenvalue weighted by Gasteiger charge is 2.26. The van der Waals surface area contributed by atoms with Crippen LogP contribution in [0.1, 0.15) is 34.8 Å². The minimum absolute atomic E-state index is 0.179. The van der Waals surface area contributed by atoms with Gasteiger partial charge in [-0.15, -0.1) is 11.3 Å². The highest BCUT2D eigenvalue weighted by atomic mass is 32.1. The van der Waals surface area contributed by atoms with Crippen molar-refractivity contribution in [2.24, 2.45) is 0 Å². The fourth-order valence-electron chi connectivity index (χ4n) is 1.61. The first-order chi connectivity index (χ1) is 8.72. The molecule has 0 amide bonds. The molecule has 0 aromatic carbocycles. The van der Waals surface area contributed by atoms with Crippen molar-refractivity contribution >= 4 is 28.3 Å². The number of hydrogen-bond donors (Lipinski definition) is 2. The van der Waals surface area contributed by atoms with E-state index in [1.807, 2.05) is 0 Å². The summed E-state index contributed by atoms with van der Waals surface area (Å²) in [6.45, 7) is 0. The summed E-state index contributed by atoms with van der Waals surface area (Å²) in [4.78, 5) is 19.2. The number of carboxylic acid groups (broad SMARTS) is 1. The van der Waals surface area contributed by atoms with E-state index in [4.69, 9.17) is 5.11 Å². The first-order valence-electron chi connectivity index (χ1n) is 5.64. The Morgan fingerprint density at radius 1 is 1.44 bits per heavy atom. The molecule has 6 heteroatoms. The number of aromatic nitrogens is 2. The van der Waals surface area contributed by atoms with Crippen molar-refractivity contribution in [2.45, 2.75) is 18.8 Å². The van der Waals surface area contributed by atoms with Gasteiger partial charge in [-0.2, -0.15) is 0 Å². The van der Waals surface area contributed by atoms with E-state index >= 15 is 0 Å². The van der Waals surface area contributed by atoms with Gasteiger partial charge in [-0.3, -0.25) is 0 Å². The molecule has 1 aliphatic carbocycles. The Morgan fingerprint density at radius 3 is 2.89 bits per heavy atom. The van der Waals surface area contributed by atoms with Crippen molar-refractivity contribution in [3.05, 3.63) is 35.0 Å². The summed E-state index contributed by atoms with van der Waals surface area (Å²) in [5, 5.41) is 14.7. The lowest BCUT2D eigenvalue weighted by atomic mass is 10.3. The molecular formula is C12H11N3O2S. The topological polar surface area (TPSA) is 75.1 Å². The monoisotopic (exact) mass is 261 g/mol. The molecule has 18 heavy (non-hydrogen) atoms. The zero-order valence-electron chi connectivity index (χ0n) is 9.46. The molecule has 2 aromatic heterocycles. The summed E-state index contributed by atoms with van der Waals surface area (Å²) in [5.41, 5.74) is 1.32. The molecule has 0 saturated heterocycles. The smallest absolute Gasteiger partial charge is 0.337 e. The number of carboxylic acids is 1. The zero-order chi connectivity index (χ0) is 12.5. The highest BCUT2D eigenvalue weighted by molar-refractivity contribution is 7.13. The van der Waals surface area contributed by atoms with Crippen molar-refractivity contribution in [3.8, 4) is 0 Å². The van der Waals surface area contributed by atoms with Crippen LogP contribution in [0.2, 0.25) is 0 Å². The van der Waals surface area contributed by atoms with Gasteiger partial charge in [-0.1, -0.05) is 0 Å². The van der Waals surface area contributed by atoms with Crippen LogP contribution in [0.25, 0.3) is 0 Å². The fourth-order valence-corrected chi connectivity index (χ4v) is 2.41. The average molecular weight is 261 g/mol. The number of hydrogen-bond acceptors (Lipinski definition) is 5. The maximum Gasteiger partial charge on any atom is 0.337 e. The Kier molecular flexibility index (Phi) is 2.71. The Bertz CT molecular complexity index is 575. The standard InChI is InChI=1S/C12H11N3O2S/c16-11(17)8-3-4-10(13-5-8)15-12-14-9(6-18-12)7-1-2-7/h3-7H,1-2H2,(H,16,17)(H,13,14,15). The van der Waals surface area contributed by atoms with Crippen LogP contribution in [-0.4, -0.2) is 21.0 Å². The van der Waals surface area contributed by atoms with Crippen LogP contribution in [0.3, 0.4) is 0 Å². The van der Waals surface area contributed by atoms with E-state index < -0.39 is 5.97 Å². The van der Waals surface area contributed by atoms with E-state index in [0.29, 0.717) is 11.7 Å². The van der Waals surface area contributed by atoms with Crippen LogP contribution in [0.5, 0.6) is 0 Å². The number of carbonyl (C=O) groups is 1. The van der Waals surface area contributed by atoms with Gasteiger partial charge in [0.15, 0.2) is 5.13 Å². The number of nitrogens with one attached hydrogen (secondary N) is 1. The molecule has 92 valence electrons. The Balaban J connectivity index is 1.72. The summed E-state index contributed by atoms with van der Waals surface area (Å²) in [7, 11) is 0. The molecule has 1 fully saturated rings. The first-order valence-corrected chi connectivity index (χ1v) is 6.52. The quantitative estimate of drug-likeness (QED) is 0.885. The molecule has 0 spiro atoms. The first kappa shape index (κ1) is 11.2. The maximum atomic E-state index is 10.7. The summed E-state index contributed by atoms with van der Waals surface area (Å²) >= 11 is 1.54. The summed E-state index contributed by atoms with van der Waals surface area (Å²) in [6.07, 6.45) is 3.80. The van der Waals surface area contributed by atoms with Gasteiger partial charge < -0.3 is 10.4 Å². The third-order valence-electron chi connectivity index (χ3n) is 2.76. The number of nitrogens with zero attached hydrogens (tertiary/aromatic N) is 2. The number of aromatic carboxylic acids is 1. The lowest BCUT2D eigenvalue weighted by molar-refractivity contribution is 0.0696. The second-order valence-corrected chi connectivity index (χ2v) is 5.07. The minimum Gasteiger partial charge on any atom is -0.478 e.